The molecule has 1 fully saturated rings. The van der Waals surface area contributed by atoms with Crippen LogP contribution >= 0.6 is 24.8 Å². The molecule has 0 bridgehead atoms. The summed E-state index contributed by atoms with van der Waals surface area (Å²) >= 11 is 0. The van der Waals surface area contributed by atoms with Crippen molar-refractivity contribution in [1.82, 2.24) is 9.80 Å². The molecule has 1 saturated heterocycles. The Morgan fingerprint density at radius 2 is 1.57 bits per heavy atom. The van der Waals surface area contributed by atoms with E-state index in [1.807, 2.05) is 24.3 Å². The predicted molar refractivity (Wildman–Crippen MR) is 122 cm³/mol. The van der Waals surface area contributed by atoms with E-state index in [0.29, 0.717) is 12.1 Å². The van der Waals surface area contributed by atoms with E-state index >= 15 is 0 Å². The molecule has 0 radical (unpaired) electrons. The number of benzene rings is 2. The quantitative estimate of drug-likeness (QED) is 0.631. The first-order valence-electron chi connectivity index (χ1n) is 9.68. The van der Waals surface area contributed by atoms with Gasteiger partial charge >= 0.3 is 0 Å². The van der Waals surface area contributed by atoms with Gasteiger partial charge in [-0.1, -0.05) is 24.3 Å². The Balaban J connectivity index is 0.00000160. The van der Waals surface area contributed by atoms with E-state index in [1.54, 1.807) is 24.1 Å². The van der Waals surface area contributed by atoms with Crippen molar-refractivity contribution >= 4 is 42.2 Å². The number of anilines is 1. The van der Waals surface area contributed by atoms with E-state index in [0.717, 1.165) is 50.7 Å². The Morgan fingerprint density at radius 1 is 0.867 bits per heavy atom. The van der Waals surface area contributed by atoms with Crippen LogP contribution in [0.4, 0.5) is 5.69 Å². The lowest BCUT2D eigenvalue weighted by Gasteiger charge is -2.35. The summed E-state index contributed by atoms with van der Waals surface area (Å²) in [5.74, 6) is 0.0952. The second-order valence-electron chi connectivity index (χ2n) is 7.27. The highest BCUT2D eigenvalue weighted by Gasteiger charge is 2.35. The van der Waals surface area contributed by atoms with Crippen molar-refractivity contribution in [3.05, 3.63) is 59.7 Å². The molecule has 0 spiro atoms. The molecule has 2 aliphatic heterocycles. The Hall–Kier alpha value is -2.12. The number of fused-ring (bicyclic) bond motifs is 1. The van der Waals surface area contributed by atoms with Gasteiger partial charge < -0.3 is 9.64 Å². The largest absolute Gasteiger partial charge is 0.497 e. The van der Waals surface area contributed by atoms with Crippen LogP contribution < -0.4 is 9.64 Å². The van der Waals surface area contributed by atoms with Gasteiger partial charge in [-0.15, -0.1) is 24.8 Å². The summed E-state index contributed by atoms with van der Waals surface area (Å²) in [6, 6.07) is 15.4. The van der Waals surface area contributed by atoms with Crippen LogP contribution in [0, 0.1) is 0 Å². The number of carbonyl (C=O) groups is 2. The second kappa shape index (κ2) is 10.8. The van der Waals surface area contributed by atoms with E-state index in [2.05, 4.69) is 21.9 Å². The number of para-hydroxylation sites is 1. The van der Waals surface area contributed by atoms with Crippen molar-refractivity contribution in [2.75, 3.05) is 51.3 Å². The van der Waals surface area contributed by atoms with Gasteiger partial charge in [0.05, 0.1) is 18.4 Å². The molecule has 2 aromatic carbocycles. The Kier molecular flexibility index (Phi) is 8.67. The van der Waals surface area contributed by atoms with E-state index < -0.39 is 11.7 Å². The molecule has 6 nitrogen and oxygen atoms in total. The van der Waals surface area contributed by atoms with Gasteiger partial charge in [-0.05, 0) is 29.8 Å². The third-order valence-electron chi connectivity index (χ3n) is 5.52. The number of ether oxygens (including phenoxy) is 1. The number of ketones is 1. The fourth-order valence-corrected chi connectivity index (χ4v) is 3.91. The standard InChI is InChI=1S/C22H25N3O3.2ClH/c1-28-18-6-4-5-17(15-18)16-24-11-9-23(10-12-24)13-14-25-20-8-3-2-7-19(20)21(26)22(25)27;;/h2-8,15H,9-14,16H2,1H3;2*1H. The van der Waals surface area contributed by atoms with Crippen LogP contribution in [0.2, 0.25) is 0 Å². The normalized spacial score (nSPS) is 16.6. The van der Waals surface area contributed by atoms with Gasteiger partial charge in [-0.2, -0.15) is 0 Å². The number of Topliss-reactive ketones (excluding diaryl/α,β-unsaturated/α-hetero) is 1. The molecule has 1 amide bonds. The van der Waals surface area contributed by atoms with Crippen LogP contribution in [0.3, 0.4) is 0 Å². The van der Waals surface area contributed by atoms with Gasteiger partial charge in [0.25, 0.3) is 11.7 Å². The molecule has 0 atom stereocenters. The fraction of sp³-hybridized carbons (Fsp3) is 0.364. The minimum Gasteiger partial charge on any atom is -0.497 e. The number of hydrogen-bond donors (Lipinski definition) is 0. The first-order chi connectivity index (χ1) is 13.7. The Labute approximate surface area is 189 Å². The molecule has 30 heavy (non-hydrogen) atoms. The van der Waals surface area contributed by atoms with Crippen molar-refractivity contribution in [2.24, 2.45) is 0 Å². The van der Waals surface area contributed by atoms with Gasteiger partial charge in [-0.3, -0.25) is 19.4 Å². The first-order valence-corrected chi connectivity index (χ1v) is 9.68. The first kappa shape index (κ1) is 24.2. The predicted octanol–water partition coefficient (Wildman–Crippen LogP) is 2.89. The van der Waals surface area contributed by atoms with E-state index in [1.165, 1.54) is 5.56 Å². The highest BCUT2D eigenvalue weighted by atomic mass is 35.5. The van der Waals surface area contributed by atoms with Gasteiger partial charge in [0.2, 0.25) is 0 Å². The Morgan fingerprint density at radius 3 is 2.30 bits per heavy atom. The number of amides is 1. The van der Waals surface area contributed by atoms with Crippen molar-refractivity contribution in [1.29, 1.82) is 0 Å². The maximum Gasteiger partial charge on any atom is 0.299 e. The maximum atomic E-state index is 12.3. The maximum absolute atomic E-state index is 12.3. The molecule has 0 aliphatic carbocycles. The molecule has 0 N–H and O–H groups in total. The SMILES string of the molecule is COc1cccc(CN2CCN(CCN3C(=O)C(=O)c4ccccc43)CC2)c1.Cl.Cl. The number of halogens is 2. The summed E-state index contributed by atoms with van der Waals surface area (Å²) in [5, 5.41) is 0. The van der Waals surface area contributed by atoms with Gasteiger partial charge in [0.1, 0.15) is 5.75 Å². The third-order valence-corrected chi connectivity index (χ3v) is 5.52. The topological polar surface area (TPSA) is 53.1 Å². The van der Waals surface area contributed by atoms with Crippen molar-refractivity contribution in [2.45, 2.75) is 6.54 Å². The van der Waals surface area contributed by atoms with Crippen LogP contribution in [0.1, 0.15) is 15.9 Å². The zero-order chi connectivity index (χ0) is 19.5. The minimum absolute atomic E-state index is 0. The summed E-state index contributed by atoms with van der Waals surface area (Å²) in [6.45, 7) is 6.14. The lowest BCUT2D eigenvalue weighted by Crippen LogP contribution is -2.48. The van der Waals surface area contributed by atoms with Gasteiger partial charge in [-0.25, -0.2) is 0 Å². The average Bonchev–Trinajstić information content (AvgIpc) is 2.98. The summed E-state index contributed by atoms with van der Waals surface area (Å²) in [6.07, 6.45) is 0. The van der Waals surface area contributed by atoms with E-state index in [9.17, 15) is 9.59 Å². The van der Waals surface area contributed by atoms with Crippen molar-refractivity contribution in [3.8, 4) is 5.75 Å². The summed E-state index contributed by atoms with van der Waals surface area (Å²) in [4.78, 5) is 30.8. The number of methoxy groups -OCH3 is 1. The number of rotatable bonds is 6. The van der Waals surface area contributed by atoms with Crippen LogP contribution in [0.5, 0.6) is 5.75 Å². The zero-order valence-corrected chi connectivity index (χ0v) is 18.6. The van der Waals surface area contributed by atoms with Gasteiger partial charge in [0.15, 0.2) is 0 Å². The zero-order valence-electron chi connectivity index (χ0n) is 17.0. The molecule has 162 valence electrons. The second-order valence-corrected chi connectivity index (χ2v) is 7.27. The molecule has 4 rings (SSSR count). The number of hydrogen-bond acceptors (Lipinski definition) is 5. The lowest BCUT2D eigenvalue weighted by atomic mass is 10.1. The number of piperazine rings is 1. The number of carbonyl (C=O) groups excluding carboxylic acids is 2. The fourth-order valence-electron chi connectivity index (χ4n) is 3.91. The molecule has 0 saturated carbocycles. The molecular formula is C22H27Cl2N3O3. The molecule has 2 aromatic rings. The molecule has 2 aliphatic rings. The van der Waals surface area contributed by atoms with Crippen LogP contribution in [-0.4, -0.2) is 67.9 Å². The van der Waals surface area contributed by atoms with Crippen molar-refractivity contribution in [3.63, 3.8) is 0 Å². The minimum atomic E-state index is -0.405. The van der Waals surface area contributed by atoms with Crippen LogP contribution in [-0.2, 0) is 11.3 Å². The van der Waals surface area contributed by atoms with Gasteiger partial charge in [0, 0.05) is 45.8 Å². The van der Waals surface area contributed by atoms with Crippen molar-refractivity contribution < 1.29 is 14.3 Å². The van der Waals surface area contributed by atoms with Crippen LogP contribution in [0.25, 0.3) is 0 Å². The average molecular weight is 452 g/mol. The van der Waals surface area contributed by atoms with E-state index in [4.69, 9.17) is 4.74 Å². The van der Waals surface area contributed by atoms with E-state index in [-0.39, 0.29) is 24.8 Å². The Bertz CT molecular complexity index is 885. The highest BCUT2D eigenvalue weighted by Crippen LogP contribution is 2.28. The number of nitrogens with zero attached hydrogens (tertiary/aromatic N) is 3. The molecular weight excluding hydrogens is 425 g/mol. The summed E-state index contributed by atoms with van der Waals surface area (Å²) in [7, 11) is 1.69. The molecule has 0 aromatic heterocycles. The van der Waals surface area contributed by atoms with Crippen LogP contribution in [0.15, 0.2) is 48.5 Å². The third kappa shape index (κ3) is 5.13. The monoisotopic (exact) mass is 451 g/mol. The highest BCUT2D eigenvalue weighted by molar-refractivity contribution is 6.52. The summed E-state index contributed by atoms with van der Waals surface area (Å²) in [5.41, 5.74) is 2.52. The molecule has 0 unspecified atom stereocenters. The smallest absolute Gasteiger partial charge is 0.299 e. The molecule has 8 heteroatoms. The lowest BCUT2D eigenvalue weighted by molar-refractivity contribution is -0.114. The summed E-state index contributed by atoms with van der Waals surface area (Å²) < 4.78 is 5.30. The molecule has 2 heterocycles.